The fourth-order valence-corrected chi connectivity index (χ4v) is 3.03. The Bertz CT molecular complexity index is 847. The lowest BCUT2D eigenvalue weighted by Gasteiger charge is -2.38. The van der Waals surface area contributed by atoms with Gasteiger partial charge in [-0.2, -0.15) is 4.99 Å². The first kappa shape index (κ1) is 22.9. The van der Waals surface area contributed by atoms with Crippen molar-refractivity contribution in [1.82, 2.24) is 0 Å². The van der Waals surface area contributed by atoms with Crippen molar-refractivity contribution in [3.05, 3.63) is 21.7 Å². The summed E-state index contributed by atoms with van der Waals surface area (Å²) in [6, 6.07) is 0.919. The number of phenols is 1. The van der Waals surface area contributed by atoms with Crippen LogP contribution in [0.4, 0.5) is 0 Å². The molecule has 12 nitrogen and oxygen atoms in total. The van der Waals surface area contributed by atoms with Gasteiger partial charge in [0.25, 0.3) is 5.91 Å². The van der Waals surface area contributed by atoms with E-state index in [0.717, 1.165) is 6.07 Å². The van der Waals surface area contributed by atoms with Crippen LogP contribution in [0.3, 0.4) is 0 Å². The first-order valence-corrected chi connectivity index (χ1v) is 8.61. The first-order chi connectivity index (χ1) is 13.4. The number of aliphatic imine (C=N–C) groups is 1. The summed E-state index contributed by atoms with van der Waals surface area (Å²) in [7, 11) is 0. The number of nitrogens with zero attached hydrogens (tertiary/aromatic N) is 1. The quantitative estimate of drug-likeness (QED) is 0.197. The fourth-order valence-electron chi connectivity index (χ4n) is 2.50. The molecule has 1 saturated heterocycles. The monoisotopic (exact) mass is 453 g/mol. The lowest BCUT2D eigenvalue weighted by atomic mass is 9.99. The van der Waals surface area contributed by atoms with Crippen LogP contribution in [0.1, 0.15) is 5.56 Å². The normalized spacial score (nSPS) is 26.6. The number of carbonyl (C=O) groups excluding carboxylic acids is 1. The van der Waals surface area contributed by atoms with Crippen LogP contribution in [0.2, 0.25) is 10.0 Å². The first-order valence-electron chi connectivity index (χ1n) is 7.85. The highest BCUT2D eigenvalue weighted by atomic mass is 35.5. The Kier molecular flexibility index (Phi) is 7.11. The molecule has 0 radical (unpaired) electrons. The van der Waals surface area contributed by atoms with Crippen molar-refractivity contribution in [1.29, 1.82) is 0 Å². The molecule has 1 aliphatic heterocycles. The molecule has 0 unspecified atom stereocenters. The van der Waals surface area contributed by atoms with Crippen molar-refractivity contribution in [2.75, 3.05) is 0 Å². The maximum absolute atomic E-state index is 11.8. The van der Waals surface area contributed by atoms with Gasteiger partial charge in [-0.3, -0.25) is 4.79 Å². The molecular weight excluding hydrogens is 437 g/mol. The molecule has 1 fully saturated rings. The Hall–Kier alpha value is -2.35. The van der Waals surface area contributed by atoms with Crippen LogP contribution >= 0.6 is 23.2 Å². The second kappa shape index (κ2) is 8.98. The van der Waals surface area contributed by atoms with Gasteiger partial charge < -0.3 is 46.5 Å². The summed E-state index contributed by atoms with van der Waals surface area (Å²) >= 11 is 12.1. The molecule has 1 aromatic carbocycles. The summed E-state index contributed by atoms with van der Waals surface area (Å²) in [5.41, 5.74) is 10.1. The fraction of sp³-hybridized carbons (Fsp3) is 0.400. The SMILES string of the molecule is NC(N)=NC(=O)Cc1c(Cl)c(O)cc(O[C@H]2O[C@@H](C(=O)O)[C@H](O)[C@@H](O)[C@@H]2O)c1Cl. The molecule has 1 aromatic rings. The maximum atomic E-state index is 11.8. The molecule has 14 heteroatoms. The number of rotatable bonds is 5. The Balaban J connectivity index is 2.36. The van der Waals surface area contributed by atoms with Crippen molar-refractivity contribution in [2.24, 2.45) is 16.5 Å². The van der Waals surface area contributed by atoms with Crippen LogP contribution in [0.25, 0.3) is 0 Å². The van der Waals surface area contributed by atoms with Gasteiger partial charge in [0, 0.05) is 11.6 Å². The number of nitrogens with two attached hydrogens (primary N) is 2. The van der Waals surface area contributed by atoms with Crippen molar-refractivity contribution < 1.29 is 44.6 Å². The van der Waals surface area contributed by atoms with Crippen LogP contribution < -0.4 is 16.2 Å². The molecule has 29 heavy (non-hydrogen) atoms. The number of aliphatic hydroxyl groups excluding tert-OH is 3. The number of aliphatic carboxylic acids is 1. The van der Waals surface area contributed by atoms with E-state index in [1.54, 1.807) is 0 Å². The average Bonchev–Trinajstić information content (AvgIpc) is 2.62. The summed E-state index contributed by atoms with van der Waals surface area (Å²) in [5, 5.41) is 48.0. The van der Waals surface area contributed by atoms with Crippen LogP contribution in [-0.4, -0.2) is 74.1 Å². The Morgan fingerprint density at radius 1 is 1.14 bits per heavy atom. The molecule has 0 saturated carbocycles. The van der Waals surface area contributed by atoms with E-state index in [9.17, 15) is 30.0 Å². The second-order valence-corrected chi connectivity index (χ2v) is 6.72. The lowest BCUT2D eigenvalue weighted by molar-refractivity contribution is -0.271. The van der Waals surface area contributed by atoms with Gasteiger partial charge in [-0.05, 0) is 0 Å². The van der Waals surface area contributed by atoms with Crippen molar-refractivity contribution in [3.63, 3.8) is 0 Å². The topological polar surface area (TPSA) is 218 Å². The molecule has 1 heterocycles. The summed E-state index contributed by atoms with van der Waals surface area (Å²) in [6.07, 6.45) is -9.97. The number of aliphatic hydroxyl groups is 3. The maximum Gasteiger partial charge on any atom is 0.335 e. The van der Waals surface area contributed by atoms with Gasteiger partial charge in [-0.25, -0.2) is 4.79 Å². The Labute approximate surface area is 172 Å². The second-order valence-electron chi connectivity index (χ2n) is 5.96. The van der Waals surface area contributed by atoms with E-state index in [2.05, 4.69) is 4.99 Å². The number of benzene rings is 1. The van der Waals surface area contributed by atoms with Gasteiger partial charge >= 0.3 is 5.97 Å². The highest BCUT2D eigenvalue weighted by molar-refractivity contribution is 6.38. The van der Waals surface area contributed by atoms with Gasteiger partial charge in [-0.1, -0.05) is 23.2 Å². The third-order valence-electron chi connectivity index (χ3n) is 3.88. The third kappa shape index (κ3) is 4.98. The number of halogens is 2. The van der Waals surface area contributed by atoms with Gasteiger partial charge in [-0.15, -0.1) is 0 Å². The highest BCUT2D eigenvalue weighted by Crippen LogP contribution is 2.41. The van der Waals surface area contributed by atoms with E-state index in [-0.39, 0.29) is 21.4 Å². The zero-order valence-electron chi connectivity index (χ0n) is 14.4. The summed E-state index contributed by atoms with van der Waals surface area (Å²) in [6.45, 7) is 0. The van der Waals surface area contributed by atoms with Crippen LogP contribution in [0.5, 0.6) is 11.5 Å². The molecule has 5 atom stereocenters. The number of carbonyl (C=O) groups is 2. The summed E-state index contributed by atoms with van der Waals surface area (Å²) in [5.74, 6) is -3.91. The number of ether oxygens (including phenoxy) is 2. The average molecular weight is 454 g/mol. The number of carboxylic acids is 1. The van der Waals surface area contributed by atoms with Crippen molar-refractivity contribution in [3.8, 4) is 11.5 Å². The van der Waals surface area contributed by atoms with E-state index in [1.807, 2.05) is 0 Å². The van der Waals surface area contributed by atoms with Gasteiger partial charge in [0.1, 0.15) is 29.8 Å². The summed E-state index contributed by atoms with van der Waals surface area (Å²) in [4.78, 5) is 26.3. The number of carboxylic acid groups (broad SMARTS) is 1. The number of phenolic OH excluding ortho intramolecular Hbond substituents is 1. The van der Waals surface area contributed by atoms with E-state index in [4.69, 9.17) is 49.2 Å². The minimum Gasteiger partial charge on any atom is -0.506 e. The molecule has 0 aromatic heterocycles. The largest absolute Gasteiger partial charge is 0.506 e. The third-order valence-corrected chi connectivity index (χ3v) is 4.71. The lowest BCUT2D eigenvalue weighted by Crippen LogP contribution is -2.61. The predicted octanol–water partition coefficient (Wildman–Crippen LogP) is -1.69. The minimum atomic E-state index is -1.93. The van der Waals surface area contributed by atoms with Crippen molar-refractivity contribution >= 4 is 41.0 Å². The molecular formula is C15H17Cl2N3O9. The molecule has 1 amide bonds. The Morgan fingerprint density at radius 2 is 1.76 bits per heavy atom. The van der Waals surface area contributed by atoms with Gasteiger partial charge in [0.15, 0.2) is 12.1 Å². The smallest absolute Gasteiger partial charge is 0.335 e. The number of amides is 1. The highest BCUT2D eigenvalue weighted by Gasteiger charge is 2.48. The zero-order valence-corrected chi connectivity index (χ0v) is 15.9. The molecule has 160 valence electrons. The van der Waals surface area contributed by atoms with Gasteiger partial charge in [0.2, 0.25) is 6.29 Å². The molecule has 0 spiro atoms. The number of hydrogen-bond acceptors (Lipinski definition) is 8. The van der Waals surface area contributed by atoms with Crippen LogP contribution in [-0.2, 0) is 20.7 Å². The zero-order chi connectivity index (χ0) is 22.0. The standard InChI is InChI=1S/C15H17Cl2N3O9/c16-7-3(1-6(22)20-15(18)19)8(17)5(2-4(7)21)28-14-11(25)9(23)10(24)12(29-14)13(26)27/h2,9-12,14,21,23-25H,1H2,(H,26,27)(H4,18,19,20,22)/t9-,10-,11+,12-,14+/m1/s1. The summed E-state index contributed by atoms with van der Waals surface area (Å²) < 4.78 is 10.3. The number of guanidine groups is 1. The van der Waals surface area contributed by atoms with Crippen LogP contribution in [0.15, 0.2) is 11.1 Å². The Morgan fingerprint density at radius 3 is 2.31 bits per heavy atom. The molecule has 0 bridgehead atoms. The minimum absolute atomic E-state index is 0.126. The van der Waals surface area contributed by atoms with E-state index < -0.39 is 60.7 Å². The predicted molar refractivity (Wildman–Crippen MR) is 97.6 cm³/mol. The van der Waals surface area contributed by atoms with Crippen molar-refractivity contribution in [2.45, 2.75) is 37.1 Å². The number of aromatic hydroxyl groups is 1. The van der Waals surface area contributed by atoms with E-state index >= 15 is 0 Å². The molecule has 9 N–H and O–H groups in total. The van der Waals surface area contributed by atoms with E-state index in [0.29, 0.717) is 0 Å². The molecule has 1 aliphatic rings. The molecule has 2 rings (SSSR count). The number of hydrogen-bond donors (Lipinski definition) is 7. The van der Waals surface area contributed by atoms with Gasteiger partial charge in [0.05, 0.1) is 16.5 Å². The van der Waals surface area contributed by atoms with Crippen LogP contribution in [0, 0.1) is 0 Å². The molecule has 0 aliphatic carbocycles. The van der Waals surface area contributed by atoms with E-state index in [1.165, 1.54) is 0 Å².